The van der Waals surface area contributed by atoms with Gasteiger partial charge in [0.25, 0.3) is 0 Å². The lowest BCUT2D eigenvalue weighted by atomic mass is 9.88. The summed E-state index contributed by atoms with van der Waals surface area (Å²) >= 11 is 5.64. The molecule has 3 aliphatic rings. The summed E-state index contributed by atoms with van der Waals surface area (Å²) in [5.74, 6) is -2.44. The van der Waals surface area contributed by atoms with Crippen molar-refractivity contribution < 1.29 is 31.4 Å². The zero-order chi connectivity index (χ0) is 26.1. The topological polar surface area (TPSA) is 56.6 Å². The van der Waals surface area contributed by atoms with Gasteiger partial charge in [-0.1, -0.05) is 11.6 Å². The third kappa shape index (κ3) is 4.00. The molecule has 0 radical (unpaired) electrons. The van der Waals surface area contributed by atoms with Gasteiger partial charge in [0, 0.05) is 18.2 Å². The van der Waals surface area contributed by atoms with E-state index in [4.69, 9.17) is 21.1 Å². The SMILES string of the molecule is O=c1nc(OCc2cc(F)c(Oc3ccc(C(F)(F)F)c(Cl)c3)c(F)c2)cc2n1CC13CCC(CC1)N23. The molecular weight excluding hydrogens is 521 g/mol. The fourth-order valence-corrected chi connectivity index (χ4v) is 6.02. The van der Waals surface area contributed by atoms with Crippen LogP contribution in [0.1, 0.15) is 36.8 Å². The predicted octanol–water partition coefficient (Wildman–Crippen LogP) is 6.08. The van der Waals surface area contributed by atoms with Crippen LogP contribution in [-0.2, 0) is 19.3 Å². The Labute approximate surface area is 212 Å². The van der Waals surface area contributed by atoms with Crippen molar-refractivity contribution in [2.75, 3.05) is 4.90 Å². The number of halogens is 6. The molecule has 0 atom stereocenters. The van der Waals surface area contributed by atoms with Gasteiger partial charge in [-0.3, -0.25) is 4.57 Å². The molecule has 6 rings (SSSR count). The molecule has 0 N–H and O–H groups in total. The maximum Gasteiger partial charge on any atom is 0.417 e. The Kier molecular flexibility index (Phi) is 5.41. The smallest absolute Gasteiger partial charge is 0.417 e. The standard InChI is InChI=1S/C25H19ClF5N3O3/c26-17-9-15(1-2-16(17)25(29,30)31)37-22-18(27)7-13(8-19(22)28)11-36-20-10-21-33(23(35)32-20)12-24-5-3-14(4-6-24)34(21)24/h1-2,7-10,14H,3-6,11-12H2. The number of aromatic nitrogens is 2. The fraction of sp³-hybridized carbons (Fsp3) is 0.360. The van der Waals surface area contributed by atoms with Crippen LogP contribution in [0.2, 0.25) is 5.02 Å². The summed E-state index contributed by atoms with van der Waals surface area (Å²) in [7, 11) is 0. The number of hydrogen-bond acceptors (Lipinski definition) is 5. The van der Waals surface area contributed by atoms with Crippen molar-refractivity contribution in [1.29, 1.82) is 0 Å². The highest BCUT2D eigenvalue weighted by atomic mass is 35.5. The average molecular weight is 540 g/mol. The van der Waals surface area contributed by atoms with Crippen molar-refractivity contribution >= 4 is 17.4 Å². The quantitative estimate of drug-likeness (QED) is 0.368. The second-order valence-electron chi connectivity index (χ2n) is 9.57. The Bertz CT molecular complexity index is 1440. The lowest BCUT2D eigenvalue weighted by Gasteiger charge is -2.27. The van der Waals surface area contributed by atoms with Crippen molar-refractivity contribution in [3.05, 3.63) is 74.7 Å². The van der Waals surface area contributed by atoms with Crippen LogP contribution in [0.3, 0.4) is 0 Å². The van der Waals surface area contributed by atoms with Crippen molar-refractivity contribution in [1.82, 2.24) is 9.55 Å². The minimum absolute atomic E-state index is 0.0312. The number of alkyl halides is 3. The molecule has 2 saturated heterocycles. The monoisotopic (exact) mass is 539 g/mol. The Morgan fingerprint density at radius 1 is 1.08 bits per heavy atom. The van der Waals surface area contributed by atoms with E-state index in [-0.39, 0.29) is 29.3 Å². The first kappa shape index (κ1) is 24.0. The molecule has 2 fully saturated rings. The van der Waals surface area contributed by atoms with Crippen molar-refractivity contribution in [2.45, 2.75) is 56.6 Å². The molecule has 6 nitrogen and oxygen atoms in total. The molecule has 37 heavy (non-hydrogen) atoms. The minimum Gasteiger partial charge on any atom is -0.473 e. The van der Waals surface area contributed by atoms with Crippen molar-refractivity contribution in [3.63, 3.8) is 0 Å². The summed E-state index contributed by atoms with van der Waals surface area (Å²) in [6.07, 6.45) is -0.458. The number of rotatable bonds is 5. The van der Waals surface area contributed by atoms with Crippen LogP contribution in [0.25, 0.3) is 0 Å². The van der Waals surface area contributed by atoms with Gasteiger partial charge in [0.2, 0.25) is 5.88 Å². The van der Waals surface area contributed by atoms with E-state index in [1.165, 1.54) is 0 Å². The van der Waals surface area contributed by atoms with Gasteiger partial charge in [0.05, 0.1) is 22.7 Å². The molecule has 1 aromatic heterocycles. The van der Waals surface area contributed by atoms with E-state index in [1.807, 2.05) is 0 Å². The van der Waals surface area contributed by atoms with Crippen LogP contribution >= 0.6 is 11.6 Å². The van der Waals surface area contributed by atoms with Gasteiger partial charge < -0.3 is 14.4 Å². The summed E-state index contributed by atoms with van der Waals surface area (Å²) in [5.41, 5.74) is -1.45. The van der Waals surface area contributed by atoms with Gasteiger partial charge in [-0.15, -0.1) is 0 Å². The largest absolute Gasteiger partial charge is 0.473 e. The highest BCUT2D eigenvalue weighted by Gasteiger charge is 2.56. The zero-order valence-electron chi connectivity index (χ0n) is 19.1. The molecule has 2 aromatic carbocycles. The highest BCUT2D eigenvalue weighted by Crippen LogP contribution is 2.53. The molecule has 3 aliphatic heterocycles. The number of fused-ring (bicyclic) bond motifs is 1. The summed E-state index contributed by atoms with van der Waals surface area (Å²) < 4.78 is 80.4. The summed E-state index contributed by atoms with van der Waals surface area (Å²) in [6, 6.07) is 6.43. The van der Waals surface area contributed by atoms with Gasteiger partial charge in [-0.2, -0.15) is 18.2 Å². The van der Waals surface area contributed by atoms with Crippen molar-refractivity contribution in [2.24, 2.45) is 0 Å². The maximum absolute atomic E-state index is 14.7. The molecule has 0 amide bonds. The van der Waals surface area contributed by atoms with Crippen molar-refractivity contribution in [3.8, 4) is 17.4 Å². The van der Waals surface area contributed by atoms with Crippen LogP contribution in [0, 0.1) is 11.6 Å². The van der Waals surface area contributed by atoms with E-state index in [2.05, 4.69) is 9.88 Å². The van der Waals surface area contributed by atoms with Gasteiger partial charge in [0.15, 0.2) is 17.4 Å². The molecule has 4 heterocycles. The third-order valence-corrected chi connectivity index (χ3v) is 7.65. The number of hydrogen-bond donors (Lipinski definition) is 0. The number of nitrogens with zero attached hydrogens (tertiary/aromatic N) is 3. The molecule has 194 valence electrons. The van der Waals surface area contributed by atoms with Gasteiger partial charge in [-0.25, -0.2) is 13.6 Å². The van der Waals surface area contributed by atoms with Crippen LogP contribution in [0.15, 0.2) is 41.2 Å². The van der Waals surface area contributed by atoms with Crippen LogP contribution in [-0.4, -0.2) is 21.1 Å². The molecular formula is C25H19ClF5N3O3. The first-order valence-corrected chi connectivity index (χ1v) is 12.0. The first-order chi connectivity index (χ1) is 17.5. The lowest BCUT2D eigenvalue weighted by molar-refractivity contribution is -0.137. The summed E-state index contributed by atoms with van der Waals surface area (Å²) in [6.45, 7) is 0.331. The van der Waals surface area contributed by atoms with Crippen LogP contribution in [0.5, 0.6) is 17.4 Å². The van der Waals surface area contributed by atoms with Crippen LogP contribution < -0.4 is 20.1 Å². The lowest BCUT2D eigenvalue weighted by Crippen LogP contribution is -2.38. The normalized spacial score (nSPS) is 21.8. The Morgan fingerprint density at radius 2 is 1.78 bits per heavy atom. The van der Waals surface area contributed by atoms with E-state index in [1.54, 1.807) is 10.6 Å². The minimum atomic E-state index is -4.68. The van der Waals surface area contributed by atoms with Gasteiger partial charge >= 0.3 is 11.9 Å². The second kappa shape index (κ2) is 8.34. The zero-order valence-corrected chi connectivity index (χ0v) is 19.9. The number of benzene rings is 2. The molecule has 0 saturated carbocycles. The van der Waals surface area contributed by atoms with Crippen LogP contribution in [0.4, 0.5) is 27.8 Å². The Balaban J connectivity index is 1.19. The van der Waals surface area contributed by atoms with E-state index in [9.17, 15) is 26.7 Å². The molecule has 12 heteroatoms. The fourth-order valence-electron chi connectivity index (χ4n) is 5.74. The van der Waals surface area contributed by atoms with Gasteiger partial charge in [-0.05, 0) is 55.5 Å². The molecule has 3 aromatic rings. The Morgan fingerprint density at radius 3 is 2.43 bits per heavy atom. The van der Waals surface area contributed by atoms with E-state index < -0.39 is 39.8 Å². The Hall–Kier alpha value is -3.34. The molecule has 0 spiro atoms. The van der Waals surface area contributed by atoms with Gasteiger partial charge in [0.1, 0.15) is 18.2 Å². The summed E-state index contributed by atoms with van der Waals surface area (Å²) in [5, 5.41) is -0.665. The molecule has 0 unspecified atom stereocenters. The average Bonchev–Trinajstić information content (AvgIpc) is 3.45. The summed E-state index contributed by atoms with van der Waals surface area (Å²) in [4.78, 5) is 18.9. The van der Waals surface area contributed by atoms with E-state index in [0.717, 1.165) is 55.8 Å². The number of ether oxygens (including phenoxy) is 2. The molecule has 0 aliphatic carbocycles. The third-order valence-electron chi connectivity index (χ3n) is 7.34. The molecule has 2 bridgehead atoms. The highest BCUT2D eigenvalue weighted by molar-refractivity contribution is 6.31. The number of anilines is 1. The second-order valence-corrected chi connectivity index (χ2v) is 9.97. The van der Waals surface area contributed by atoms with E-state index >= 15 is 0 Å². The first-order valence-electron chi connectivity index (χ1n) is 11.6. The predicted molar refractivity (Wildman–Crippen MR) is 123 cm³/mol. The van der Waals surface area contributed by atoms with E-state index in [0.29, 0.717) is 18.7 Å². The maximum atomic E-state index is 14.7.